The van der Waals surface area contributed by atoms with Crippen molar-refractivity contribution >= 4 is 0 Å². The topological polar surface area (TPSA) is 6.48 Å². The van der Waals surface area contributed by atoms with E-state index in [0.29, 0.717) is 6.04 Å². The molecule has 0 rings (SSSR count). The normalized spacial score (nSPS) is 11.4. The van der Waals surface area contributed by atoms with Crippen molar-refractivity contribution in [2.45, 2.75) is 26.8 Å². The van der Waals surface area contributed by atoms with Crippen LogP contribution in [0, 0.1) is 0 Å². The molecule has 0 amide bonds. The minimum atomic E-state index is 0.590. The summed E-state index contributed by atoms with van der Waals surface area (Å²) in [6, 6.07) is 0.590. The van der Waals surface area contributed by atoms with Gasteiger partial charge in [0.1, 0.15) is 0 Å². The maximum absolute atomic E-state index is 4.03. The van der Waals surface area contributed by atoms with E-state index in [1.807, 2.05) is 19.1 Å². The minimum absolute atomic E-state index is 0.590. The van der Waals surface area contributed by atoms with Crippen LogP contribution < -0.4 is 0 Å². The lowest BCUT2D eigenvalue weighted by molar-refractivity contribution is 0.245. The van der Waals surface area contributed by atoms with Crippen molar-refractivity contribution in [3.05, 3.63) is 36.6 Å². The molecule has 0 bridgehead atoms. The van der Waals surface area contributed by atoms with Gasteiger partial charge in [-0.1, -0.05) is 24.8 Å². The van der Waals surface area contributed by atoms with E-state index in [0.717, 1.165) is 24.4 Å². The van der Waals surface area contributed by atoms with Crippen LogP contribution in [-0.2, 0) is 0 Å². The zero-order valence-corrected chi connectivity index (χ0v) is 11.5. The van der Waals surface area contributed by atoms with Crippen molar-refractivity contribution in [3.63, 3.8) is 0 Å². The van der Waals surface area contributed by atoms with Crippen molar-refractivity contribution < 1.29 is 0 Å². The van der Waals surface area contributed by atoms with Crippen LogP contribution in [0.15, 0.2) is 36.6 Å². The number of nitrogens with zero attached hydrogens (tertiary/aromatic N) is 2. The van der Waals surface area contributed by atoms with Crippen LogP contribution in [-0.4, -0.2) is 43.0 Å². The van der Waals surface area contributed by atoms with E-state index in [1.54, 1.807) is 0 Å². The maximum Gasteiger partial charge on any atom is 0.0302 e. The molecule has 16 heavy (non-hydrogen) atoms. The fourth-order valence-electron chi connectivity index (χ4n) is 1.08. The number of hydrogen-bond acceptors (Lipinski definition) is 2. The van der Waals surface area contributed by atoms with Gasteiger partial charge in [0, 0.05) is 31.9 Å². The molecule has 2 nitrogen and oxygen atoms in total. The van der Waals surface area contributed by atoms with Crippen LogP contribution in [0.3, 0.4) is 0 Å². The van der Waals surface area contributed by atoms with Gasteiger partial charge in [-0.15, -0.1) is 0 Å². The summed E-state index contributed by atoms with van der Waals surface area (Å²) in [6.45, 7) is 16.3. The SMILES string of the molecule is C=C(C)/C=C\C(=C)N(C)CCN(C)C(C)C. The molecule has 92 valence electrons. The average Bonchev–Trinajstić information content (AvgIpc) is 2.21. The zero-order valence-electron chi connectivity index (χ0n) is 11.5. The first-order valence-electron chi connectivity index (χ1n) is 5.78. The van der Waals surface area contributed by atoms with Gasteiger partial charge in [0.25, 0.3) is 0 Å². The van der Waals surface area contributed by atoms with Gasteiger partial charge in [0.05, 0.1) is 0 Å². The second-order valence-corrected chi connectivity index (χ2v) is 4.67. The molecule has 0 aromatic heterocycles. The summed E-state index contributed by atoms with van der Waals surface area (Å²) in [4.78, 5) is 4.49. The highest BCUT2D eigenvalue weighted by atomic mass is 15.2. The van der Waals surface area contributed by atoms with Crippen LogP contribution in [0.2, 0.25) is 0 Å². The van der Waals surface area contributed by atoms with Crippen LogP contribution in [0.5, 0.6) is 0 Å². The molecule has 0 unspecified atom stereocenters. The lowest BCUT2D eigenvalue weighted by Crippen LogP contribution is -2.34. The molecule has 2 heteroatoms. The van der Waals surface area contributed by atoms with Crippen molar-refractivity contribution in [1.29, 1.82) is 0 Å². The Morgan fingerprint density at radius 3 is 2.12 bits per heavy atom. The molecular weight excluding hydrogens is 196 g/mol. The second kappa shape index (κ2) is 7.29. The Balaban J connectivity index is 4.02. The van der Waals surface area contributed by atoms with Gasteiger partial charge < -0.3 is 9.80 Å². The van der Waals surface area contributed by atoms with Gasteiger partial charge >= 0.3 is 0 Å². The maximum atomic E-state index is 4.03. The molecule has 0 atom stereocenters. The zero-order chi connectivity index (χ0) is 12.7. The Labute approximate surface area is 101 Å². The van der Waals surface area contributed by atoms with E-state index in [9.17, 15) is 0 Å². The fraction of sp³-hybridized carbons (Fsp3) is 0.571. The predicted molar refractivity (Wildman–Crippen MR) is 73.5 cm³/mol. The van der Waals surface area contributed by atoms with Gasteiger partial charge in [-0.2, -0.15) is 0 Å². The van der Waals surface area contributed by atoms with Crippen LogP contribution in [0.1, 0.15) is 20.8 Å². The molecule has 0 saturated carbocycles. The Kier molecular flexibility index (Phi) is 6.82. The van der Waals surface area contributed by atoms with Crippen molar-refractivity contribution in [1.82, 2.24) is 9.80 Å². The largest absolute Gasteiger partial charge is 0.374 e. The van der Waals surface area contributed by atoms with Crippen LogP contribution in [0.4, 0.5) is 0 Å². The molecule has 0 aliphatic heterocycles. The smallest absolute Gasteiger partial charge is 0.0302 e. The van der Waals surface area contributed by atoms with Gasteiger partial charge in [0.2, 0.25) is 0 Å². The summed E-state index contributed by atoms with van der Waals surface area (Å²) >= 11 is 0. The summed E-state index contributed by atoms with van der Waals surface area (Å²) < 4.78 is 0. The molecule has 0 saturated heterocycles. The molecule has 0 fully saturated rings. The lowest BCUT2D eigenvalue weighted by Gasteiger charge is -2.26. The average molecular weight is 222 g/mol. The standard InChI is InChI=1S/C14H26N2/c1-12(2)8-9-14(5)16(7)11-10-15(6)13(3)4/h8-9,13H,1,5,10-11H2,2-4,6-7H3/b9-8-. The van der Waals surface area contributed by atoms with E-state index in [-0.39, 0.29) is 0 Å². The van der Waals surface area contributed by atoms with E-state index in [2.05, 4.69) is 50.9 Å². The molecule has 0 aromatic rings. The summed E-state index contributed by atoms with van der Waals surface area (Å²) in [5.74, 6) is 0. The monoisotopic (exact) mass is 222 g/mol. The predicted octanol–water partition coefficient (Wildman–Crippen LogP) is 2.90. The van der Waals surface area contributed by atoms with Crippen LogP contribution in [0.25, 0.3) is 0 Å². The van der Waals surface area contributed by atoms with Crippen molar-refractivity contribution in [3.8, 4) is 0 Å². The molecule has 0 N–H and O–H groups in total. The Bertz CT molecular complexity index is 264. The minimum Gasteiger partial charge on any atom is -0.374 e. The first kappa shape index (κ1) is 15.0. The molecule has 0 heterocycles. The summed E-state index contributed by atoms with van der Waals surface area (Å²) in [6.07, 6.45) is 4.00. The van der Waals surface area contributed by atoms with E-state index < -0.39 is 0 Å². The summed E-state index contributed by atoms with van der Waals surface area (Å²) in [5, 5.41) is 0. The highest BCUT2D eigenvalue weighted by Gasteiger charge is 2.04. The van der Waals surface area contributed by atoms with Crippen LogP contribution >= 0.6 is 0 Å². The molecule has 0 spiro atoms. The third kappa shape index (κ3) is 6.46. The van der Waals surface area contributed by atoms with Gasteiger partial charge in [-0.05, 0) is 33.9 Å². The lowest BCUT2D eigenvalue weighted by atomic mass is 10.3. The second-order valence-electron chi connectivity index (χ2n) is 4.67. The van der Waals surface area contributed by atoms with Crippen molar-refractivity contribution in [2.24, 2.45) is 0 Å². The van der Waals surface area contributed by atoms with Gasteiger partial charge in [-0.3, -0.25) is 0 Å². The molecule has 0 radical (unpaired) electrons. The Hall–Kier alpha value is -1.02. The van der Waals surface area contributed by atoms with Gasteiger partial charge in [0.15, 0.2) is 0 Å². The number of likely N-dealkylation sites (N-methyl/N-ethyl adjacent to an activating group) is 2. The highest BCUT2D eigenvalue weighted by molar-refractivity contribution is 5.21. The molecule has 0 aliphatic rings. The number of rotatable bonds is 7. The number of hydrogen-bond donors (Lipinski definition) is 0. The third-order valence-electron chi connectivity index (χ3n) is 2.72. The Morgan fingerprint density at radius 2 is 1.69 bits per heavy atom. The molecular formula is C14H26N2. The van der Waals surface area contributed by atoms with E-state index >= 15 is 0 Å². The third-order valence-corrected chi connectivity index (χ3v) is 2.72. The highest BCUT2D eigenvalue weighted by Crippen LogP contribution is 2.03. The fourth-order valence-corrected chi connectivity index (χ4v) is 1.08. The first-order chi connectivity index (χ1) is 7.34. The van der Waals surface area contributed by atoms with E-state index in [4.69, 9.17) is 0 Å². The summed E-state index contributed by atoms with van der Waals surface area (Å²) in [5.41, 5.74) is 2.08. The number of allylic oxidation sites excluding steroid dienone is 3. The Morgan fingerprint density at radius 1 is 1.12 bits per heavy atom. The quantitative estimate of drug-likeness (QED) is 0.611. The molecule has 0 aromatic carbocycles. The first-order valence-corrected chi connectivity index (χ1v) is 5.78. The van der Waals surface area contributed by atoms with Crippen molar-refractivity contribution in [2.75, 3.05) is 27.2 Å². The molecule has 0 aliphatic carbocycles. The van der Waals surface area contributed by atoms with E-state index in [1.165, 1.54) is 0 Å². The summed E-state index contributed by atoms with van der Waals surface area (Å²) in [7, 11) is 4.21. The van der Waals surface area contributed by atoms with Gasteiger partial charge in [-0.25, -0.2) is 0 Å².